The summed E-state index contributed by atoms with van der Waals surface area (Å²) in [6, 6.07) is 4.74. The maximum absolute atomic E-state index is 6.68. The fourth-order valence-corrected chi connectivity index (χ4v) is 7.83. The van der Waals surface area contributed by atoms with Crippen LogP contribution in [-0.4, -0.2) is 38.3 Å². The van der Waals surface area contributed by atoms with Gasteiger partial charge in [-0.2, -0.15) is 0 Å². The van der Waals surface area contributed by atoms with Gasteiger partial charge >= 0.3 is 0 Å². The predicted molar refractivity (Wildman–Crippen MR) is 223 cm³/mol. The lowest BCUT2D eigenvalue weighted by atomic mass is 10.0. The Morgan fingerprint density at radius 1 is 0.451 bits per heavy atom. The number of hydrogen-bond donors (Lipinski definition) is 0. The number of benzene rings is 1. The van der Waals surface area contributed by atoms with E-state index in [0.29, 0.717) is 6.04 Å². The van der Waals surface area contributed by atoms with Crippen molar-refractivity contribution in [3.63, 3.8) is 0 Å². The molecule has 1 aliphatic rings. The highest BCUT2D eigenvalue weighted by Gasteiger charge is 2.30. The fraction of sp³-hybridized carbons (Fsp3) is 0.872. The molecule has 1 heterocycles. The number of hydrogen-bond acceptors (Lipinski definition) is 4. The molecule has 1 saturated heterocycles. The highest BCUT2D eigenvalue weighted by atomic mass is 16.5. The molecule has 1 aromatic rings. The first-order valence-electron chi connectivity index (χ1n) is 23.0. The summed E-state index contributed by atoms with van der Waals surface area (Å²) in [5.74, 6) is 2.93. The molecule has 1 aromatic carbocycles. The van der Waals surface area contributed by atoms with Crippen molar-refractivity contribution in [3.05, 3.63) is 17.7 Å². The zero-order valence-electron chi connectivity index (χ0n) is 34.9. The van der Waals surface area contributed by atoms with Crippen LogP contribution >= 0.6 is 0 Å². The third-order valence-electron chi connectivity index (χ3n) is 11.2. The standard InChI is InChI=1S/C47H87NO3/c1-5-8-11-14-17-20-23-26-29-32-38-49-43-41-45(50-39-33-30-27-24-21-18-15-12-9-6-2)47(44-36-35-37-48(44)4)46(42-43)51-40-34-31-28-25-22-19-16-13-10-7-3/h41-42,44H,5-40H2,1-4H3. The summed E-state index contributed by atoms with van der Waals surface area (Å²) < 4.78 is 19.8. The third kappa shape index (κ3) is 23.1. The van der Waals surface area contributed by atoms with E-state index in [2.05, 4.69) is 44.9 Å². The van der Waals surface area contributed by atoms with Gasteiger partial charge in [0, 0.05) is 18.2 Å². The van der Waals surface area contributed by atoms with Crippen LogP contribution < -0.4 is 14.2 Å². The highest BCUT2D eigenvalue weighted by molar-refractivity contribution is 5.52. The van der Waals surface area contributed by atoms with Crippen LogP contribution in [-0.2, 0) is 0 Å². The second-order valence-electron chi connectivity index (χ2n) is 16.1. The molecular formula is C47H87NO3. The summed E-state index contributed by atoms with van der Waals surface area (Å²) in [6.45, 7) is 10.4. The minimum absolute atomic E-state index is 0.353. The van der Waals surface area contributed by atoms with Crippen molar-refractivity contribution in [2.45, 2.75) is 232 Å². The van der Waals surface area contributed by atoms with Crippen molar-refractivity contribution in [1.82, 2.24) is 4.90 Å². The van der Waals surface area contributed by atoms with Gasteiger partial charge in [0.1, 0.15) is 17.2 Å². The van der Waals surface area contributed by atoms with E-state index in [1.165, 1.54) is 192 Å². The Kier molecular flexibility index (Phi) is 29.7. The maximum Gasteiger partial charge on any atom is 0.131 e. The minimum atomic E-state index is 0.353. The van der Waals surface area contributed by atoms with Crippen LogP contribution in [0.25, 0.3) is 0 Å². The van der Waals surface area contributed by atoms with Gasteiger partial charge in [0.05, 0.1) is 25.4 Å². The van der Waals surface area contributed by atoms with Crippen molar-refractivity contribution >= 4 is 0 Å². The lowest BCUT2D eigenvalue weighted by Crippen LogP contribution is -2.20. The topological polar surface area (TPSA) is 30.9 Å². The van der Waals surface area contributed by atoms with Crippen LogP contribution in [0.5, 0.6) is 17.2 Å². The summed E-state index contributed by atoms with van der Waals surface area (Å²) in [5, 5.41) is 0. The van der Waals surface area contributed by atoms with Gasteiger partial charge in [0.25, 0.3) is 0 Å². The number of rotatable bonds is 37. The van der Waals surface area contributed by atoms with Gasteiger partial charge in [-0.1, -0.05) is 194 Å². The van der Waals surface area contributed by atoms with Crippen LogP contribution in [0.2, 0.25) is 0 Å². The van der Waals surface area contributed by atoms with E-state index in [9.17, 15) is 0 Å². The molecule has 1 unspecified atom stereocenters. The lowest BCUT2D eigenvalue weighted by Gasteiger charge is -2.26. The Morgan fingerprint density at radius 2 is 0.765 bits per heavy atom. The molecule has 0 spiro atoms. The number of ether oxygens (including phenoxy) is 3. The maximum atomic E-state index is 6.68. The SMILES string of the molecule is CCCCCCCCCCCCOc1cc(OCCCCCCCCCCCC)c(C2CCCN2C)c(OCCCCCCCCCCCC)c1. The summed E-state index contributed by atoms with van der Waals surface area (Å²) >= 11 is 0. The lowest BCUT2D eigenvalue weighted by molar-refractivity contribution is 0.249. The molecule has 0 amide bonds. The fourth-order valence-electron chi connectivity index (χ4n) is 7.83. The predicted octanol–water partition coefficient (Wildman–Crippen LogP) is 15.4. The number of unbranched alkanes of at least 4 members (excludes halogenated alkanes) is 27. The molecule has 0 radical (unpaired) electrons. The van der Waals surface area contributed by atoms with Crippen LogP contribution in [0, 0.1) is 0 Å². The molecule has 0 bridgehead atoms. The van der Waals surface area contributed by atoms with Crippen LogP contribution in [0.15, 0.2) is 12.1 Å². The Hall–Kier alpha value is -1.42. The van der Waals surface area contributed by atoms with E-state index in [1.807, 2.05) is 0 Å². The number of nitrogens with zero attached hydrogens (tertiary/aromatic N) is 1. The van der Waals surface area contributed by atoms with E-state index < -0.39 is 0 Å². The normalized spacial score (nSPS) is 14.8. The summed E-state index contributed by atoms with van der Waals surface area (Å²) in [5.41, 5.74) is 1.26. The summed E-state index contributed by atoms with van der Waals surface area (Å²) in [7, 11) is 2.27. The molecular weight excluding hydrogens is 627 g/mol. The van der Waals surface area contributed by atoms with Crippen molar-refractivity contribution in [2.24, 2.45) is 0 Å². The van der Waals surface area contributed by atoms with E-state index in [-0.39, 0.29) is 0 Å². The minimum Gasteiger partial charge on any atom is -0.493 e. The van der Waals surface area contributed by atoms with E-state index in [4.69, 9.17) is 14.2 Å². The Labute approximate surface area is 318 Å². The first kappa shape index (κ1) is 45.7. The molecule has 4 nitrogen and oxygen atoms in total. The molecule has 0 saturated carbocycles. The van der Waals surface area contributed by atoms with E-state index in [0.717, 1.165) is 62.9 Å². The van der Waals surface area contributed by atoms with Gasteiger partial charge in [0.2, 0.25) is 0 Å². The van der Waals surface area contributed by atoms with Crippen LogP contribution in [0.1, 0.15) is 238 Å². The van der Waals surface area contributed by atoms with Crippen molar-refractivity contribution in [3.8, 4) is 17.2 Å². The highest BCUT2D eigenvalue weighted by Crippen LogP contribution is 2.44. The van der Waals surface area contributed by atoms with Gasteiger partial charge in [-0.05, 0) is 45.7 Å². The second-order valence-corrected chi connectivity index (χ2v) is 16.1. The molecule has 0 N–H and O–H groups in total. The Balaban J connectivity index is 1.92. The first-order valence-corrected chi connectivity index (χ1v) is 23.0. The zero-order valence-corrected chi connectivity index (χ0v) is 34.9. The van der Waals surface area contributed by atoms with Gasteiger partial charge in [0.15, 0.2) is 0 Å². The molecule has 1 atom stereocenters. The summed E-state index contributed by atoms with van der Waals surface area (Å²) in [4.78, 5) is 2.50. The van der Waals surface area contributed by atoms with Crippen molar-refractivity contribution < 1.29 is 14.2 Å². The largest absolute Gasteiger partial charge is 0.493 e. The molecule has 1 aliphatic heterocycles. The quantitative estimate of drug-likeness (QED) is 0.0642. The Morgan fingerprint density at radius 3 is 1.08 bits per heavy atom. The average molecular weight is 714 g/mol. The molecule has 51 heavy (non-hydrogen) atoms. The van der Waals surface area contributed by atoms with Crippen LogP contribution in [0.3, 0.4) is 0 Å². The molecule has 4 heteroatoms. The van der Waals surface area contributed by atoms with Crippen molar-refractivity contribution in [2.75, 3.05) is 33.4 Å². The monoisotopic (exact) mass is 714 g/mol. The smallest absolute Gasteiger partial charge is 0.131 e. The molecule has 298 valence electrons. The molecule has 0 aromatic heterocycles. The molecule has 0 aliphatic carbocycles. The first-order chi connectivity index (χ1) is 25.2. The van der Waals surface area contributed by atoms with Crippen LogP contribution in [0.4, 0.5) is 0 Å². The van der Waals surface area contributed by atoms with Crippen molar-refractivity contribution in [1.29, 1.82) is 0 Å². The van der Waals surface area contributed by atoms with E-state index in [1.54, 1.807) is 0 Å². The Bertz CT molecular complexity index is 856. The van der Waals surface area contributed by atoms with Gasteiger partial charge in [-0.3, -0.25) is 4.90 Å². The molecule has 1 fully saturated rings. The zero-order chi connectivity index (χ0) is 36.5. The molecule has 2 rings (SSSR count). The number of likely N-dealkylation sites (tertiary alicyclic amines) is 1. The second kappa shape index (κ2) is 33.2. The van der Waals surface area contributed by atoms with Gasteiger partial charge < -0.3 is 14.2 Å². The van der Waals surface area contributed by atoms with Gasteiger partial charge in [-0.15, -0.1) is 0 Å². The summed E-state index contributed by atoms with van der Waals surface area (Å²) in [6.07, 6.45) is 42.6. The van der Waals surface area contributed by atoms with Gasteiger partial charge in [-0.25, -0.2) is 0 Å². The third-order valence-corrected chi connectivity index (χ3v) is 11.2. The van der Waals surface area contributed by atoms with E-state index >= 15 is 0 Å². The average Bonchev–Trinajstić information content (AvgIpc) is 3.56.